The number of halogens is 2. The smallest absolute Gasteiger partial charge is 0.224 e. The lowest BCUT2D eigenvalue weighted by atomic mass is 10.5. The first kappa shape index (κ1) is 13.6. The summed E-state index contributed by atoms with van der Waals surface area (Å²) in [6.45, 7) is 4.49. The molecule has 4 nitrogen and oxygen atoms in total. The number of rotatable bonds is 3. The molecule has 80 valence electrons. The number of anilines is 1. The van der Waals surface area contributed by atoms with Gasteiger partial charge in [-0.2, -0.15) is 4.98 Å². The molecule has 0 amide bonds. The zero-order chi connectivity index (χ0) is 11.0. The van der Waals surface area contributed by atoms with Gasteiger partial charge in [0.15, 0.2) is 0 Å². The van der Waals surface area contributed by atoms with Gasteiger partial charge in [0.1, 0.15) is 5.82 Å². The summed E-state index contributed by atoms with van der Waals surface area (Å²) in [5.74, 6) is 0.587. The molecule has 6 heteroatoms. The molecule has 0 fully saturated rings. The Kier molecular flexibility index (Phi) is 7.74. The van der Waals surface area contributed by atoms with E-state index in [4.69, 9.17) is 16.7 Å². The fraction of sp³-hybridized carbons (Fsp3) is 0.500. The predicted molar refractivity (Wildman–Crippen MR) is 61.7 cm³/mol. The van der Waals surface area contributed by atoms with Gasteiger partial charge in [-0.1, -0.05) is 13.8 Å². The summed E-state index contributed by atoms with van der Waals surface area (Å²) in [7, 11) is 0. The van der Waals surface area contributed by atoms with E-state index in [2.05, 4.69) is 31.2 Å². The van der Waals surface area contributed by atoms with Crippen molar-refractivity contribution in [2.75, 3.05) is 18.5 Å². The van der Waals surface area contributed by atoms with Gasteiger partial charge in [0.2, 0.25) is 5.28 Å². The predicted octanol–water partition coefficient (Wildman–Crippen LogP) is 2.32. The van der Waals surface area contributed by atoms with Crippen LogP contribution in [-0.4, -0.2) is 28.2 Å². The number of aromatic nitrogens is 2. The van der Waals surface area contributed by atoms with E-state index in [1.165, 1.54) is 0 Å². The van der Waals surface area contributed by atoms with Gasteiger partial charge >= 0.3 is 0 Å². The molecule has 0 aromatic carbocycles. The molecule has 0 spiro atoms. The fourth-order valence-corrected chi connectivity index (χ4v) is 1.11. The average Bonchev–Trinajstić information content (AvgIpc) is 2.22. The van der Waals surface area contributed by atoms with E-state index in [0.29, 0.717) is 12.4 Å². The maximum atomic E-state index is 8.53. The van der Waals surface area contributed by atoms with Gasteiger partial charge in [0.25, 0.3) is 0 Å². The van der Waals surface area contributed by atoms with Crippen LogP contribution in [0.4, 0.5) is 5.82 Å². The Labute approximate surface area is 96.9 Å². The van der Waals surface area contributed by atoms with Crippen LogP contribution in [0, 0.1) is 0 Å². The lowest BCUT2D eigenvalue weighted by Gasteiger charge is -2.04. The molecule has 1 aromatic rings. The van der Waals surface area contributed by atoms with Crippen molar-refractivity contribution in [3.63, 3.8) is 0 Å². The number of hydrogen-bond acceptors (Lipinski definition) is 4. The summed E-state index contributed by atoms with van der Waals surface area (Å²) in [5.41, 5.74) is 0. The highest BCUT2D eigenvalue weighted by Crippen LogP contribution is 2.19. The molecule has 0 bridgehead atoms. The van der Waals surface area contributed by atoms with E-state index in [1.54, 1.807) is 6.20 Å². The fourth-order valence-electron chi connectivity index (χ4n) is 0.644. The van der Waals surface area contributed by atoms with Crippen molar-refractivity contribution >= 4 is 33.3 Å². The molecular weight excluding hydrogens is 269 g/mol. The number of nitrogens with zero attached hydrogens (tertiary/aromatic N) is 2. The third-order valence-corrected chi connectivity index (χ3v) is 1.88. The van der Waals surface area contributed by atoms with E-state index in [-0.39, 0.29) is 11.9 Å². The molecule has 0 aliphatic carbocycles. The summed E-state index contributed by atoms with van der Waals surface area (Å²) in [5, 5.41) is 11.6. The molecule has 0 radical (unpaired) electrons. The average molecular weight is 283 g/mol. The summed E-state index contributed by atoms with van der Waals surface area (Å²) >= 11 is 8.78. The first-order chi connectivity index (χ1) is 6.74. The molecule has 1 heterocycles. The van der Waals surface area contributed by atoms with Gasteiger partial charge in [-0.3, -0.25) is 0 Å². The second kappa shape index (κ2) is 7.96. The van der Waals surface area contributed by atoms with E-state index >= 15 is 0 Å². The summed E-state index contributed by atoms with van der Waals surface area (Å²) in [6.07, 6.45) is 1.55. The van der Waals surface area contributed by atoms with Gasteiger partial charge in [0.05, 0.1) is 11.1 Å². The summed E-state index contributed by atoms with van der Waals surface area (Å²) in [6, 6.07) is 0. The van der Waals surface area contributed by atoms with Crippen molar-refractivity contribution in [2.24, 2.45) is 0 Å². The standard InChI is InChI=1S/C6H7BrClN3O.C2H6/c7-4-3-10-6(8)11-5(4)9-1-2-12;1-2/h3,12H,1-2H2,(H,9,10,11);1-2H3. The van der Waals surface area contributed by atoms with Crippen LogP contribution in [0.2, 0.25) is 5.28 Å². The maximum absolute atomic E-state index is 8.53. The molecular formula is C8H13BrClN3O. The molecule has 1 aromatic heterocycles. The van der Waals surface area contributed by atoms with Crippen molar-refractivity contribution in [1.29, 1.82) is 0 Å². The van der Waals surface area contributed by atoms with Crippen molar-refractivity contribution in [3.8, 4) is 0 Å². The Hall–Kier alpha value is -0.390. The SMILES string of the molecule is CC.OCCNc1nc(Cl)ncc1Br. The minimum absolute atomic E-state index is 0.0497. The largest absolute Gasteiger partial charge is 0.395 e. The summed E-state index contributed by atoms with van der Waals surface area (Å²) in [4.78, 5) is 7.65. The van der Waals surface area contributed by atoms with E-state index in [9.17, 15) is 0 Å². The molecule has 1 rings (SSSR count). The van der Waals surface area contributed by atoms with Gasteiger partial charge in [-0.15, -0.1) is 0 Å². The van der Waals surface area contributed by atoms with E-state index < -0.39 is 0 Å². The van der Waals surface area contributed by atoms with Crippen LogP contribution < -0.4 is 5.32 Å². The van der Waals surface area contributed by atoms with Crippen molar-refractivity contribution in [1.82, 2.24) is 9.97 Å². The van der Waals surface area contributed by atoms with Crippen LogP contribution in [0.15, 0.2) is 10.7 Å². The van der Waals surface area contributed by atoms with E-state index in [1.807, 2.05) is 13.8 Å². The maximum Gasteiger partial charge on any atom is 0.224 e. The number of aliphatic hydroxyl groups excluding tert-OH is 1. The number of hydrogen-bond donors (Lipinski definition) is 2. The Morgan fingerprint density at radius 2 is 2.21 bits per heavy atom. The number of aliphatic hydroxyl groups is 1. The first-order valence-corrected chi connectivity index (χ1v) is 5.44. The second-order valence-corrected chi connectivity index (χ2v) is 3.18. The van der Waals surface area contributed by atoms with Crippen LogP contribution in [0.1, 0.15) is 13.8 Å². The third kappa shape index (κ3) is 4.74. The van der Waals surface area contributed by atoms with Crippen molar-refractivity contribution in [2.45, 2.75) is 13.8 Å². The lowest BCUT2D eigenvalue weighted by molar-refractivity contribution is 0.311. The van der Waals surface area contributed by atoms with Gasteiger partial charge in [-0.05, 0) is 27.5 Å². The van der Waals surface area contributed by atoms with Gasteiger partial charge < -0.3 is 10.4 Å². The minimum atomic E-state index is 0.0497. The highest BCUT2D eigenvalue weighted by Gasteiger charge is 2.01. The quantitative estimate of drug-likeness (QED) is 0.836. The van der Waals surface area contributed by atoms with Crippen LogP contribution >= 0.6 is 27.5 Å². The molecule has 0 unspecified atom stereocenters. The van der Waals surface area contributed by atoms with Crippen LogP contribution in [0.25, 0.3) is 0 Å². The molecule has 2 N–H and O–H groups in total. The zero-order valence-corrected chi connectivity index (χ0v) is 10.4. The molecule has 0 saturated heterocycles. The van der Waals surface area contributed by atoms with E-state index in [0.717, 1.165) is 4.47 Å². The van der Waals surface area contributed by atoms with Crippen LogP contribution in [0.3, 0.4) is 0 Å². The Bertz CT molecular complexity index is 273. The zero-order valence-electron chi connectivity index (χ0n) is 8.09. The molecule has 0 aliphatic heterocycles. The van der Waals surface area contributed by atoms with Crippen molar-refractivity contribution < 1.29 is 5.11 Å². The Balaban J connectivity index is 0.000000791. The minimum Gasteiger partial charge on any atom is -0.395 e. The van der Waals surface area contributed by atoms with Crippen LogP contribution in [0.5, 0.6) is 0 Å². The molecule has 0 atom stereocenters. The normalized spacial score (nSPS) is 8.93. The first-order valence-electron chi connectivity index (χ1n) is 4.27. The topological polar surface area (TPSA) is 58.0 Å². The van der Waals surface area contributed by atoms with Gasteiger partial charge in [-0.25, -0.2) is 4.98 Å². The van der Waals surface area contributed by atoms with Crippen molar-refractivity contribution in [3.05, 3.63) is 16.0 Å². The molecule has 0 saturated carbocycles. The number of nitrogens with one attached hydrogen (secondary N) is 1. The third-order valence-electron chi connectivity index (χ3n) is 1.12. The van der Waals surface area contributed by atoms with Crippen LogP contribution in [-0.2, 0) is 0 Å². The summed E-state index contributed by atoms with van der Waals surface area (Å²) < 4.78 is 0.723. The lowest BCUT2D eigenvalue weighted by Crippen LogP contribution is -2.07. The highest BCUT2D eigenvalue weighted by atomic mass is 79.9. The Morgan fingerprint density at radius 1 is 1.57 bits per heavy atom. The monoisotopic (exact) mass is 281 g/mol. The molecule has 0 aliphatic rings. The molecule has 14 heavy (non-hydrogen) atoms. The second-order valence-electron chi connectivity index (χ2n) is 1.99. The van der Waals surface area contributed by atoms with Gasteiger partial charge in [0, 0.05) is 12.7 Å². The highest BCUT2D eigenvalue weighted by molar-refractivity contribution is 9.10. The Morgan fingerprint density at radius 3 is 2.79 bits per heavy atom.